The Balaban J connectivity index is 2.12. The molecule has 0 atom stereocenters. The maximum absolute atomic E-state index is 4.25. The van der Waals surface area contributed by atoms with Crippen LogP contribution in [0.4, 0.5) is 0 Å². The Morgan fingerprint density at radius 1 is 1.33 bits per heavy atom. The van der Waals surface area contributed by atoms with E-state index in [1.54, 1.807) is 0 Å². The molecule has 0 radical (unpaired) electrons. The number of fused-ring (bicyclic) bond motifs is 1. The van der Waals surface area contributed by atoms with Gasteiger partial charge in [-0.05, 0) is 37.3 Å². The van der Waals surface area contributed by atoms with Crippen LogP contribution in [0, 0.1) is 5.92 Å². The van der Waals surface area contributed by atoms with Gasteiger partial charge in [0.15, 0.2) is 0 Å². The van der Waals surface area contributed by atoms with Crippen LogP contribution in [0.5, 0.6) is 0 Å². The molecule has 1 aliphatic carbocycles. The van der Waals surface area contributed by atoms with E-state index < -0.39 is 0 Å². The molecule has 1 aliphatic rings. The van der Waals surface area contributed by atoms with E-state index in [4.69, 9.17) is 0 Å². The van der Waals surface area contributed by atoms with Crippen LogP contribution in [0.1, 0.15) is 18.5 Å². The van der Waals surface area contributed by atoms with Crippen LogP contribution in [0.3, 0.4) is 0 Å². The number of benzene rings is 1. The van der Waals surface area contributed by atoms with E-state index in [0.29, 0.717) is 0 Å². The second kappa shape index (κ2) is 3.56. The third kappa shape index (κ3) is 1.88. The Hall–Kier alpha value is -0.960. The molecule has 0 spiro atoms. The fourth-order valence-corrected chi connectivity index (χ4v) is 2.24. The van der Waals surface area contributed by atoms with Gasteiger partial charge in [-0.15, -0.1) is 0 Å². The molecule has 1 heterocycles. The van der Waals surface area contributed by atoms with Crippen LogP contribution in [0.15, 0.2) is 28.9 Å². The molecule has 1 fully saturated rings. The van der Waals surface area contributed by atoms with Crippen LogP contribution in [0.25, 0.3) is 10.8 Å². The Bertz CT molecular complexity index is 506. The monoisotopic (exact) mass is 262 g/mol. The lowest BCUT2D eigenvalue weighted by molar-refractivity contribution is 0.788. The van der Waals surface area contributed by atoms with Gasteiger partial charge in [-0.1, -0.05) is 22.0 Å². The van der Waals surface area contributed by atoms with Gasteiger partial charge in [-0.2, -0.15) is 10.2 Å². The number of nitrogens with zero attached hydrogens (tertiary/aromatic N) is 2. The average Bonchev–Trinajstić information content (AvgIpc) is 3.01. The standard InChI is InChI=1S/C12H11BrN2/c13-10-3-4-11-9(6-10)7-14-15-12(11)5-8-1-2-8/h3-4,6-8H,1-2,5H2. The third-order valence-electron chi connectivity index (χ3n) is 2.88. The lowest BCUT2D eigenvalue weighted by Crippen LogP contribution is -1.95. The van der Waals surface area contributed by atoms with E-state index in [1.165, 1.54) is 23.6 Å². The van der Waals surface area contributed by atoms with Crippen molar-refractivity contribution in [3.8, 4) is 0 Å². The van der Waals surface area contributed by atoms with Gasteiger partial charge >= 0.3 is 0 Å². The summed E-state index contributed by atoms with van der Waals surface area (Å²) in [5, 5.41) is 10.7. The van der Waals surface area contributed by atoms with Crippen molar-refractivity contribution in [3.63, 3.8) is 0 Å². The van der Waals surface area contributed by atoms with Crippen molar-refractivity contribution in [1.29, 1.82) is 0 Å². The molecule has 3 heteroatoms. The molecule has 0 saturated heterocycles. The number of rotatable bonds is 2. The molecule has 0 bridgehead atoms. The van der Waals surface area contributed by atoms with E-state index in [9.17, 15) is 0 Å². The first-order valence-electron chi connectivity index (χ1n) is 5.23. The average molecular weight is 263 g/mol. The lowest BCUT2D eigenvalue weighted by atomic mass is 10.1. The molecule has 2 aromatic rings. The van der Waals surface area contributed by atoms with Gasteiger partial charge in [0.2, 0.25) is 0 Å². The molecule has 2 nitrogen and oxygen atoms in total. The number of hydrogen-bond acceptors (Lipinski definition) is 2. The molecule has 1 aromatic carbocycles. The van der Waals surface area contributed by atoms with E-state index in [2.05, 4.69) is 44.3 Å². The smallest absolute Gasteiger partial charge is 0.0712 e. The molecular formula is C12H11BrN2. The second-order valence-corrected chi connectivity index (χ2v) is 5.09. The molecule has 76 valence electrons. The zero-order valence-electron chi connectivity index (χ0n) is 8.28. The predicted molar refractivity (Wildman–Crippen MR) is 63.7 cm³/mol. The molecule has 0 N–H and O–H groups in total. The van der Waals surface area contributed by atoms with Crippen LogP contribution < -0.4 is 0 Å². The summed E-state index contributed by atoms with van der Waals surface area (Å²) in [5.41, 5.74) is 1.16. The van der Waals surface area contributed by atoms with E-state index in [-0.39, 0.29) is 0 Å². The first-order chi connectivity index (χ1) is 7.33. The van der Waals surface area contributed by atoms with Crippen molar-refractivity contribution in [3.05, 3.63) is 34.6 Å². The maximum atomic E-state index is 4.25. The molecule has 1 saturated carbocycles. The molecule has 0 unspecified atom stereocenters. The fraction of sp³-hybridized carbons (Fsp3) is 0.333. The van der Waals surface area contributed by atoms with Gasteiger partial charge in [0.25, 0.3) is 0 Å². The van der Waals surface area contributed by atoms with Gasteiger partial charge in [-0.3, -0.25) is 0 Å². The fourth-order valence-electron chi connectivity index (χ4n) is 1.86. The number of hydrogen-bond donors (Lipinski definition) is 0. The first kappa shape index (κ1) is 9.28. The van der Waals surface area contributed by atoms with Crippen molar-refractivity contribution in [2.75, 3.05) is 0 Å². The van der Waals surface area contributed by atoms with Crippen molar-refractivity contribution in [1.82, 2.24) is 10.2 Å². The zero-order valence-corrected chi connectivity index (χ0v) is 9.87. The quantitative estimate of drug-likeness (QED) is 0.830. The Kier molecular flexibility index (Phi) is 2.20. The summed E-state index contributed by atoms with van der Waals surface area (Å²) in [7, 11) is 0. The van der Waals surface area contributed by atoms with Crippen molar-refractivity contribution in [2.24, 2.45) is 5.92 Å². The summed E-state index contributed by atoms with van der Waals surface area (Å²) >= 11 is 3.47. The Labute approximate surface area is 96.8 Å². The normalized spacial score (nSPS) is 15.8. The summed E-state index contributed by atoms with van der Waals surface area (Å²) in [6, 6.07) is 6.30. The Morgan fingerprint density at radius 2 is 2.20 bits per heavy atom. The van der Waals surface area contributed by atoms with E-state index >= 15 is 0 Å². The van der Waals surface area contributed by atoms with Crippen LogP contribution >= 0.6 is 15.9 Å². The summed E-state index contributed by atoms with van der Waals surface area (Å²) in [5.74, 6) is 0.855. The summed E-state index contributed by atoms with van der Waals surface area (Å²) in [6.45, 7) is 0. The van der Waals surface area contributed by atoms with Gasteiger partial charge in [0, 0.05) is 15.2 Å². The summed E-state index contributed by atoms with van der Waals surface area (Å²) in [6.07, 6.45) is 5.63. The minimum atomic E-state index is 0.855. The molecular weight excluding hydrogens is 252 g/mol. The SMILES string of the molecule is Brc1ccc2c(CC3CC3)nncc2c1. The van der Waals surface area contributed by atoms with Crippen LogP contribution in [-0.4, -0.2) is 10.2 Å². The largest absolute Gasteiger partial charge is 0.158 e. The van der Waals surface area contributed by atoms with Gasteiger partial charge < -0.3 is 0 Å². The zero-order chi connectivity index (χ0) is 10.3. The Morgan fingerprint density at radius 3 is 3.00 bits per heavy atom. The van der Waals surface area contributed by atoms with Gasteiger partial charge in [-0.25, -0.2) is 0 Å². The topological polar surface area (TPSA) is 25.8 Å². The number of aromatic nitrogens is 2. The summed E-state index contributed by atoms with van der Waals surface area (Å²) in [4.78, 5) is 0. The highest BCUT2D eigenvalue weighted by Crippen LogP contribution is 2.33. The molecule has 0 aliphatic heterocycles. The minimum Gasteiger partial charge on any atom is -0.158 e. The van der Waals surface area contributed by atoms with E-state index in [0.717, 1.165) is 22.5 Å². The van der Waals surface area contributed by atoms with Crippen molar-refractivity contribution < 1.29 is 0 Å². The summed E-state index contributed by atoms with van der Waals surface area (Å²) < 4.78 is 1.10. The minimum absolute atomic E-state index is 0.855. The van der Waals surface area contributed by atoms with Crippen molar-refractivity contribution in [2.45, 2.75) is 19.3 Å². The highest BCUT2D eigenvalue weighted by Gasteiger charge is 2.23. The second-order valence-electron chi connectivity index (χ2n) is 4.17. The molecule has 1 aromatic heterocycles. The molecule has 15 heavy (non-hydrogen) atoms. The first-order valence-corrected chi connectivity index (χ1v) is 6.02. The van der Waals surface area contributed by atoms with E-state index in [1.807, 2.05) is 6.20 Å². The highest BCUT2D eigenvalue weighted by atomic mass is 79.9. The van der Waals surface area contributed by atoms with Crippen LogP contribution in [-0.2, 0) is 6.42 Å². The third-order valence-corrected chi connectivity index (χ3v) is 3.37. The lowest BCUT2D eigenvalue weighted by Gasteiger charge is -2.03. The van der Waals surface area contributed by atoms with Crippen LogP contribution in [0.2, 0.25) is 0 Å². The predicted octanol–water partition coefficient (Wildman–Crippen LogP) is 3.34. The number of halogens is 1. The van der Waals surface area contributed by atoms with Crippen molar-refractivity contribution >= 4 is 26.7 Å². The van der Waals surface area contributed by atoms with Gasteiger partial charge in [0.05, 0.1) is 11.9 Å². The molecule has 3 rings (SSSR count). The maximum Gasteiger partial charge on any atom is 0.0712 e. The molecule has 0 amide bonds. The van der Waals surface area contributed by atoms with Gasteiger partial charge in [0.1, 0.15) is 0 Å². The highest BCUT2D eigenvalue weighted by molar-refractivity contribution is 9.10.